The quantitative estimate of drug-likeness (QED) is 0.242. The first kappa shape index (κ1) is 23.7. The zero-order valence-electron chi connectivity index (χ0n) is 18.7. The van der Waals surface area contributed by atoms with Crippen molar-refractivity contribution in [2.75, 3.05) is 12.5 Å². The highest BCUT2D eigenvalue weighted by Gasteiger charge is 2.13. The maximum Gasteiger partial charge on any atom is 0.270 e. The molecule has 174 valence electrons. The molecule has 4 aromatic rings. The number of halogens is 1. The zero-order chi connectivity index (χ0) is 24.6. The number of nitriles is 1. The molecule has 8 nitrogen and oxygen atoms in total. The van der Waals surface area contributed by atoms with E-state index in [4.69, 9.17) is 9.47 Å². The summed E-state index contributed by atoms with van der Waals surface area (Å²) in [5, 5.41) is 13.6. The summed E-state index contributed by atoms with van der Waals surface area (Å²) in [7, 11) is 1.58. The summed E-state index contributed by atoms with van der Waals surface area (Å²) < 4.78 is 12.3. The fourth-order valence-electron chi connectivity index (χ4n) is 3.28. The van der Waals surface area contributed by atoms with Gasteiger partial charge in [-0.2, -0.15) is 10.4 Å². The lowest BCUT2D eigenvalue weighted by atomic mass is 10.1. The smallest absolute Gasteiger partial charge is 0.270 e. The number of nitrogens with one attached hydrogen (secondary N) is 2. The summed E-state index contributed by atoms with van der Waals surface area (Å²) in [4.78, 5) is 19.3. The van der Waals surface area contributed by atoms with Gasteiger partial charge in [-0.25, -0.2) is 10.4 Å². The maximum absolute atomic E-state index is 12.4. The molecule has 0 amide bonds. The zero-order valence-corrected chi connectivity index (χ0v) is 20.2. The number of aromatic amines is 1. The number of ether oxygens (including phenoxy) is 2. The molecule has 0 spiro atoms. The number of hydrazone groups is 1. The average Bonchev–Trinajstić information content (AvgIpc) is 2.88. The number of nitrogens with zero attached hydrogens (tertiary/aromatic N) is 3. The standard InChI is InChI=1S/C26H20BrN5O3/c1-34-22-11-10-17(13-23(22)35-16-18-6-5-9-20(27)12-18)15-29-32-26-30-24(19-7-3-2-4-8-19)21(14-28)25(33)31-26/h2-13,15H,16H2,1H3,(H2,30,31,32,33). The lowest BCUT2D eigenvalue weighted by Crippen LogP contribution is -2.16. The molecule has 3 aromatic carbocycles. The Morgan fingerprint density at radius 2 is 1.94 bits per heavy atom. The summed E-state index contributed by atoms with van der Waals surface area (Å²) in [6.07, 6.45) is 1.56. The van der Waals surface area contributed by atoms with E-state index in [0.717, 1.165) is 15.6 Å². The van der Waals surface area contributed by atoms with E-state index < -0.39 is 5.56 Å². The van der Waals surface area contributed by atoms with E-state index in [1.165, 1.54) is 0 Å². The van der Waals surface area contributed by atoms with Gasteiger partial charge in [-0.15, -0.1) is 0 Å². The van der Waals surface area contributed by atoms with Crippen LogP contribution in [-0.4, -0.2) is 23.3 Å². The average molecular weight is 530 g/mol. The van der Waals surface area contributed by atoms with Gasteiger partial charge in [-0.1, -0.05) is 58.4 Å². The third kappa shape index (κ3) is 5.93. The van der Waals surface area contributed by atoms with Crippen LogP contribution in [0.4, 0.5) is 5.95 Å². The van der Waals surface area contributed by atoms with Crippen molar-refractivity contribution in [1.82, 2.24) is 9.97 Å². The van der Waals surface area contributed by atoms with Crippen molar-refractivity contribution in [3.8, 4) is 28.8 Å². The van der Waals surface area contributed by atoms with Gasteiger partial charge >= 0.3 is 0 Å². The largest absolute Gasteiger partial charge is 0.493 e. The van der Waals surface area contributed by atoms with Crippen LogP contribution in [0.3, 0.4) is 0 Å². The number of anilines is 1. The van der Waals surface area contributed by atoms with Gasteiger partial charge in [-0.3, -0.25) is 9.78 Å². The minimum Gasteiger partial charge on any atom is -0.493 e. The Balaban J connectivity index is 1.52. The van der Waals surface area contributed by atoms with Crippen molar-refractivity contribution in [3.63, 3.8) is 0 Å². The van der Waals surface area contributed by atoms with E-state index in [1.807, 2.05) is 54.6 Å². The van der Waals surface area contributed by atoms with Gasteiger partial charge in [0.1, 0.15) is 18.2 Å². The first-order chi connectivity index (χ1) is 17.1. The van der Waals surface area contributed by atoms with Gasteiger partial charge in [-0.05, 0) is 41.5 Å². The number of hydrogen-bond donors (Lipinski definition) is 2. The molecule has 2 N–H and O–H groups in total. The summed E-state index contributed by atoms with van der Waals surface area (Å²) >= 11 is 3.46. The molecule has 0 aliphatic heterocycles. The second-order valence-corrected chi connectivity index (χ2v) is 8.23. The van der Waals surface area contributed by atoms with Crippen molar-refractivity contribution in [3.05, 3.63) is 104 Å². The molecule has 35 heavy (non-hydrogen) atoms. The van der Waals surface area contributed by atoms with Crippen LogP contribution in [0, 0.1) is 11.3 Å². The summed E-state index contributed by atoms with van der Waals surface area (Å²) in [5.41, 5.74) is 4.79. The predicted molar refractivity (Wildman–Crippen MR) is 138 cm³/mol. The molecular formula is C26H20BrN5O3. The molecule has 1 aromatic heterocycles. The Morgan fingerprint density at radius 3 is 2.69 bits per heavy atom. The monoisotopic (exact) mass is 529 g/mol. The Hall–Kier alpha value is -4.42. The van der Waals surface area contributed by atoms with Crippen LogP contribution in [0.2, 0.25) is 0 Å². The second kappa shape index (κ2) is 11.1. The Labute approximate surface area is 210 Å². The van der Waals surface area contributed by atoms with Gasteiger partial charge < -0.3 is 9.47 Å². The SMILES string of the molecule is COc1ccc(C=NNc2nc(-c3ccccc3)c(C#N)c(=O)[nH]2)cc1OCc1cccc(Br)c1. The first-order valence-electron chi connectivity index (χ1n) is 10.5. The van der Waals surface area contributed by atoms with E-state index >= 15 is 0 Å². The topological polar surface area (TPSA) is 112 Å². The fourth-order valence-corrected chi connectivity index (χ4v) is 3.72. The van der Waals surface area contributed by atoms with Gasteiger partial charge in [0.25, 0.3) is 5.56 Å². The molecule has 0 unspecified atom stereocenters. The molecule has 0 atom stereocenters. The van der Waals surface area contributed by atoms with E-state index in [1.54, 1.807) is 37.6 Å². The molecule has 1 heterocycles. The molecule has 0 saturated carbocycles. The number of hydrogen-bond acceptors (Lipinski definition) is 7. The van der Waals surface area contributed by atoms with Gasteiger partial charge in [0.2, 0.25) is 5.95 Å². The summed E-state index contributed by atoms with van der Waals surface area (Å²) in [5.74, 6) is 1.27. The summed E-state index contributed by atoms with van der Waals surface area (Å²) in [6.45, 7) is 0.368. The number of H-pyrrole nitrogens is 1. The minimum atomic E-state index is -0.549. The van der Waals surface area contributed by atoms with E-state index in [-0.39, 0.29) is 17.2 Å². The molecule has 0 bridgehead atoms. The summed E-state index contributed by atoms with van der Waals surface area (Å²) in [6, 6.07) is 24.2. The molecule has 0 radical (unpaired) electrons. The number of rotatable bonds is 8. The number of benzene rings is 3. The molecule has 9 heteroatoms. The van der Waals surface area contributed by atoms with Gasteiger partial charge in [0.15, 0.2) is 11.5 Å². The van der Waals surface area contributed by atoms with Crippen LogP contribution in [0.25, 0.3) is 11.3 Å². The van der Waals surface area contributed by atoms with Crippen LogP contribution in [-0.2, 0) is 6.61 Å². The van der Waals surface area contributed by atoms with Crippen molar-refractivity contribution < 1.29 is 9.47 Å². The molecule has 0 aliphatic rings. The second-order valence-electron chi connectivity index (χ2n) is 7.31. The van der Waals surface area contributed by atoms with Crippen LogP contribution >= 0.6 is 15.9 Å². The van der Waals surface area contributed by atoms with Crippen molar-refractivity contribution in [2.24, 2.45) is 5.10 Å². The predicted octanol–water partition coefficient (Wildman–Crippen LogP) is 5.10. The molecule has 0 saturated heterocycles. The highest BCUT2D eigenvalue weighted by Crippen LogP contribution is 2.28. The molecule has 0 aliphatic carbocycles. The van der Waals surface area contributed by atoms with E-state index in [9.17, 15) is 10.1 Å². The molecule has 0 fully saturated rings. The van der Waals surface area contributed by atoms with E-state index in [0.29, 0.717) is 23.7 Å². The van der Waals surface area contributed by atoms with Crippen LogP contribution in [0.5, 0.6) is 11.5 Å². The normalized spacial score (nSPS) is 10.7. The Morgan fingerprint density at radius 1 is 1.11 bits per heavy atom. The third-order valence-electron chi connectivity index (χ3n) is 4.93. The van der Waals surface area contributed by atoms with Crippen molar-refractivity contribution in [2.45, 2.75) is 6.61 Å². The Bertz CT molecular complexity index is 1460. The van der Waals surface area contributed by atoms with Crippen LogP contribution in [0.1, 0.15) is 16.7 Å². The minimum absolute atomic E-state index is 0.0619. The first-order valence-corrected chi connectivity index (χ1v) is 11.3. The molecule has 4 rings (SSSR count). The van der Waals surface area contributed by atoms with Crippen LogP contribution < -0.4 is 20.5 Å². The number of methoxy groups -OCH3 is 1. The third-order valence-corrected chi connectivity index (χ3v) is 5.43. The number of aromatic nitrogens is 2. The lowest BCUT2D eigenvalue weighted by molar-refractivity contribution is 0.284. The van der Waals surface area contributed by atoms with E-state index in [2.05, 4.69) is 36.4 Å². The van der Waals surface area contributed by atoms with Gasteiger partial charge in [0.05, 0.1) is 19.0 Å². The highest BCUT2D eigenvalue weighted by molar-refractivity contribution is 9.10. The molecular weight excluding hydrogens is 510 g/mol. The van der Waals surface area contributed by atoms with Crippen molar-refractivity contribution in [1.29, 1.82) is 5.26 Å². The Kier molecular flexibility index (Phi) is 7.55. The highest BCUT2D eigenvalue weighted by atomic mass is 79.9. The van der Waals surface area contributed by atoms with Gasteiger partial charge in [0, 0.05) is 10.0 Å². The maximum atomic E-state index is 12.4. The fraction of sp³-hybridized carbons (Fsp3) is 0.0769. The van der Waals surface area contributed by atoms with Crippen molar-refractivity contribution >= 4 is 28.1 Å². The van der Waals surface area contributed by atoms with Crippen LogP contribution in [0.15, 0.2) is 87.2 Å². The lowest BCUT2D eigenvalue weighted by Gasteiger charge is -2.11.